The highest BCUT2D eigenvalue weighted by molar-refractivity contribution is 7.99. The number of thioether (sulfide) groups is 1. The van der Waals surface area contributed by atoms with Crippen molar-refractivity contribution in [2.45, 2.75) is 24.0 Å². The maximum absolute atomic E-state index is 4.33. The molecule has 0 bridgehead atoms. The number of aryl methyl sites for hydroxylation is 1. The summed E-state index contributed by atoms with van der Waals surface area (Å²) in [6, 6.07) is 14.7. The molecule has 1 nitrogen and oxygen atoms in total. The molecule has 1 heterocycles. The van der Waals surface area contributed by atoms with Crippen LogP contribution in [0, 0.1) is 6.92 Å². The molecule has 0 aliphatic heterocycles. The van der Waals surface area contributed by atoms with Crippen LogP contribution in [0.15, 0.2) is 53.6 Å². The maximum atomic E-state index is 4.33. The molecule has 1 atom stereocenters. The quantitative estimate of drug-likeness (QED) is 0.730. The smallest absolute Gasteiger partial charge is 0.0372 e. The van der Waals surface area contributed by atoms with Crippen LogP contribution in [-0.4, -0.2) is 4.98 Å². The summed E-state index contributed by atoms with van der Waals surface area (Å²) in [5.74, 6) is 0. The summed E-state index contributed by atoms with van der Waals surface area (Å²) in [7, 11) is 0. The average molecular weight is 229 g/mol. The number of rotatable bonds is 3. The molecule has 2 rings (SSSR count). The second-order valence-corrected chi connectivity index (χ2v) is 5.22. The highest BCUT2D eigenvalue weighted by atomic mass is 32.2. The number of hydrogen-bond donors (Lipinski definition) is 0. The van der Waals surface area contributed by atoms with Crippen LogP contribution in [0.3, 0.4) is 0 Å². The second-order valence-electron chi connectivity index (χ2n) is 3.81. The van der Waals surface area contributed by atoms with Gasteiger partial charge in [-0.1, -0.05) is 24.3 Å². The fraction of sp³-hybridized carbons (Fsp3) is 0.214. The van der Waals surface area contributed by atoms with E-state index in [1.165, 1.54) is 10.5 Å². The van der Waals surface area contributed by atoms with Crippen molar-refractivity contribution in [1.29, 1.82) is 0 Å². The molecule has 0 amide bonds. The lowest BCUT2D eigenvalue weighted by Crippen LogP contribution is -1.90. The van der Waals surface area contributed by atoms with Crippen molar-refractivity contribution in [2.24, 2.45) is 0 Å². The van der Waals surface area contributed by atoms with E-state index >= 15 is 0 Å². The van der Waals surface area contributed by atoms with Gasteiger partial charge in [0.05, 0.1) is 0 Å². The highest BCUT2D eigenvalue weighted by Crippen LogP contribution is 2.33. The minimum Gasteiger partial charge on any atom is -0.261 e. The summed E-state index contributed by atoms with van der Waals surface area (Å²) in [5, 5.41) is 0.440. The molecule has 0 aliphatic rings. The minimum atomic E-state index is 0.440. The summed E-state index contributed by atoms with van der Waals surface area (Å²) in [6.45, 7) is 4.22. The largest absolute Gasteiger partial charge is 0.261 e. The van der Waals surface area contributed by atoms with Gasteiger partial charge in [0.15, 0.2) is 0 Å². The third kappa shape index (κ3) is 2.86. The van der Waals surface area contributed by atoms with E-state index in [4.69, 9.17) is 0 Å². The molecule has 0 aliphatic carbocycles. The number of hydrogen-bond acceptors (Lipinski definition) is 2. The van der Waals surface area contributed by atoms with Gasteiger partial charge in [0.2, 0.25) is 0 Å². The standard InChI is InChI=1S/C14H15NS/c1-11-8-9-13(10-15-11)12(2)16-14-6-4-3-5-7-14/h3-10,12H,1-2H3. The van der Waals surface area contributed by atoms with E-state index in [-0.39, 0.29) is 0 Å². The predicted molar refractivity (Wildman–Crippen MR) is 69.7 cm³/mol. The lowest BCUT2D eigenvalue weighted by Gasteiger charge is -2.11. The number of aromatic nitrogens is 1. The Balaban J connectivity index is 2.09. The van der Waals surface area contributed by atoms with Gasteiger partial charge in [-0.15, -0.1) is 11.8 Å². The fourth-order valence-corrected chi connectivity index (χ4v) is 2.49. The lowest BCUT2D eigenvalue weighted by molar-refractivity contribution is 1.05. The Morgan fingerprint density at radius 3 is 2.44 bits per heavy atom. The molecule has 2 aromatic rings. The molecule has 82 valence electrons. The highest BCUT2D eigenvalue weighted by Gasteiger charge is 2.06. The van der Waals surface area contributed by atoms with Crippen LogP contribution in [-0.2, 0) is 0 Å². The molecule has 0 saturated carbocycles. The van der Waals surface area contributed by atoms with Crippen molar-refractivity contribution in [1.82, 2.24) is 4.98 Å². The normalized spacial score (nSPS) is 12.4. The molecule has 0 radical (unpaired) electrons. The van der Waals surface area contributed by atoms with Crippen molar-refractivity contribution in [3.63, 3.8) is 0 Å². The van der Waals surface area contributed by atoms with Crippen molar-refractivity contribution < 1.29 is 0 Å². The van der Waals surface area contributed by atoms with Crippen molar-refractivity contribution in [3.05, 3.63) is 59.9 Å². The van der Waals surface area contributed by atoms with E-state index in [9.17, 15) is 0 Å². The zero-order valence-electron chi connectivity index (χ0n) is 9.55. The summed E-state index contributed by atoms with van der Waals surface area (Å²) in [4.78, 5) is 5.63. The Morgan fingerprint density at radius 2 is 1.81 bits per heavy atom. The third-order valence-corrected chi connectivity index (χ3v) is 3.63. The Hall–Kier alpha value is -1.28. The number of pyridine rings is 1. The van der Waals surface area contributed by atoms with Gasteiger partial charge in [-0.3, -0.25) is 4.98 Å². The predicted octanol–water partition coefficient (Wildman–Crippen LogP) is 4.24. The first-order valence-corrected chi connectivity index (χ1v) is 6.28. The van der Waals surface area contributed by atoms with Crippen molar-refractivity contribution in [2.75, 3.05) is 0 Å². The van der Waals surface area contributed by atoms with Gasteiger partial charge in [-0.05, 0) is 37.6 Å². The fourth-order valence-electron chi connectivity index (χ4n) is 1.49. The van der Waals surface area contributed by atoms with Crippen LogP contribution in [0.2, 0.25) is 0 Å². The topological polar surface area (TPSA) is 12.9 Å². The molecule has 0 saturated heterocycles. The van der Waals surface area contributed by atoms with E-state index in [0.717, 1.165) is 5.69 Å². The molecule has 1 aromatic carbocycles. The number of benzene rings is 1. The molecule has 0 fully saturated rings. The van der Waals surface area contributed by atoms with E-state index < -0.39 is 0 Å². The van der Waals surface area contributed by atoms with E-state index in [1.54, 1.807) is 0 Å². The summed E-state index contributed by atoms with van der Waals surface area (Å²) < 4.78 is 0. The molecule has 1 aromatic heterocycles. The van der Waals surface area contributed by atoms with E-state index in [1.807, 2.05) is 30.9 Å². The maximum Gasteiger partial charge on any atom is 0.0372 e. The van der Waals surface area contributed by atoms with E-state index in [0.29, 0.717) is 5.25 Å². The molecule has 0 N–H and O–H groups in total. The zero-order valence-corrected chi connectivity index (χ0v) is 10.4. The van der Waals surface area contributed by atoms with Gasteiger partial charge >= 0.3 is 0 Å². The third-order valence-electron chi connectivity index (χ3n) is 2.46. The van der Waals surface area contributed by atoms with Gasteiger partial charge < -0.3 is 0 Å². The second kappa shape index (κ2) is 5.17. The van der Waals surface area contributed by atoms with Gasteiger partial charge in [0.25, 0.3) is 0 Å². The monoisotopic (exact) mass is 229 g/mol. The van der Waals surface area contributed by atoms with E-state index in [2.05, 4.69) is 48.3 Å². The number of nitrogens with zero attached hydrogens (tertiary/aromatic N) is 1. The Morgan fingerprint density at radius 1 is 1.06 bits per heavy atom. The summed E-state index contributed by atoms with van der Waals surface area (Å²) in [5.41, 5.74) is 2.35. The molecular weight excluding hydrogens is 214 g/mol. The van der Waals surface area contributed by atoms with Gasteiger partial charge in [0, 0.05) is 22.0 Å². The molecule has 2 heteroatoms. The Kier molecular flexibility index (Phi) is 3.62. The van der Waals surface area contributed by atoms with Gasteiger partial charge in [0.1, 0.15) is 0 Å². The zero-order chi connectivity index (χ0) is 11.4. The molecular formula is C14H15NS. The first kappa shape index (κ1) is 11.2. The summed E-state index contributed by atoms with van der Waals surface area (Å²) in [6.07, 6.45) is 1.97. The van der Waals surface area contributed by atoms with Crippen LogP contribution in [0.5, 0.6) is 0 Å². The van der Waals surface area contributed by atoms with Crippen LogP contribution in [0.4, 0.5) is 0 Å². The summed E-state index contributed by atoms with van der Waals surface area (Å²) >= 11 is 1.86. The molecule has 1 unspecified atom stereocenters. The lowest BCUT2D eigenvalue weighted by atomic mass is 10.2. The first-order chi connectivity index (χ1) is 7.75. The van der Waals surface area contributed by atoms with Crippen LogP contribution in [0.25, 0.3) is 0 Å². The Bertz CT molecular complexity index is 436. The van der Waals surface area contributed by atoms with Crippen molar-refractivity contribution in [3.8, 4) is 0 Å². The van der Waals surface area contributed by atoms with Crippen LogP contribution in [0.1, 0.15) is 23.4 Å². The van der Waals surface area contributed by atoms with Gasteiger partial charge in [-0.2, -0.15) is 0 Å². The first-order valence-electron chi connectivity index (χ1n) is 5.40. The SMILES string of the molecule is Cc1ccc(C(C)Sc2ccccc2)cn1. The minimum absolute atomic E-state index is 0.440. The molecule has 16 heavy (non-hydrogen) atoms. The average Bonchev–Trinajstić information content (AvgIpc) is 2.31. The van der Waals surface area contributed by atoms with Crippen LogP contribution >= 0.6 is 11.8 Å². The van der Waals surface area contributed by atoms with Crippen molar-refractivity contribution >= 4 is 11.8 Å². The van der Waals surface area contributed by atoms with Crippen LogP contribution < -0.4 is 0 Å². The molecule has 0 spiro atoms. The Labute approximate surface area is 101 Å². The van der Waals surface area contributed by atoms with Gasteiger partial charge in [-0.25, -0.2) is 0 Å².